The van der Waals surface area contributed by atoms with Gasteiger partial charge in [0.2, 0.25) is 5.91 Å². The molecule has 506 valence electrons. The van der Waals surface area contributed by atoms with E-state index in [1.54, 1.807) is 0 Å². The van der Waals surface area contributed by atoms with Gasteiger partial charge in [0, 0.05) is 12.8 Å². The average Bonchev–Trinajstić information content (AvgIpc) is 3.51. The van der Waals surface area contributed by atoms with Crippen molar-refractivity contribution in [2.45, 2.75) is 469 Å². The summed E-state index contributed by atoms with van der Waals surface area (Å²) in [5.41, 5.74) is 0. The predicted octanol–water partition coefficient (Wildman–Crippen LogP) is 25.9. The van der Waals surface area contributed by atoms with Crippen LogP contribution in [0.4, 0.5) is 0 Å². The molecule has 85 heavy (non-hydrogen) atoms. The lowest BCUT2D eigenvalue weighted by atomic mass is 10.0. The van der Waals surface area contributed by atoms with E-state index in [4.69, 9.17) is 4.74 Å². The van der Waals surface area contributed by atoms with E-state index in [9.17, 15) is 19.8 Å². The van der Waals surface area contributed by atoms with E-state index in [1.807, 2.05) is 0 Å². The smallest absolute Gasteiger partial charge is 0.305 e. The number of amides is 1. The Bertz CT molecular complexity index is 1290. The first kappa shape index (κ1) is 83.6. The molecule has 0 saturated heterocycles. The molecule has 1 amide bonds. The normalized spacial score (nSPS) is 12.5. The monoisotopic (exact) mass is 1200 g/mol. The van der Waals surface area contributed by atoms with Crippen molar-refractivity contribution in [3.8, 4) is 0 Å². The maximum Gasteiger partial charge on any atom is 0.305 e. The quantitative estimate of drug-likeness (QED) is 0.0320. The van der Waals surface area contributed by atoms with Gasteiger partial charge in [0.05, 0.1) is 25.4 Å². The number of unbranched alkanes of at least 4 members (excludes halogenated alkanes) is 62. The first-order valence-electron chi connectivity index (χ1n) is 39.4. The Morgan fingerprint density at radius 1 is 0.318 bits per heavy atom. The van der Waals surface area contributed by atoms with E-state index in [-0.39, 0.29) is 18.5 Å². The SMILES string of the molecule is CCCCCCCCCCCCCCCCCCCCCC(O)C(CO)NC(=O)CCCCCCCCCCCCCCCCC/C=C\CCCCCCCCCCCCCCOC(=O)CCCCCCCCCCCCCCCCCCCC. The van der Waals surface area contributed by atoms with Crippen LogP contribution in [0.15, 0.2) is 12.2 Å². The second kappa shape index (κ2) is 75.1. The number of nitrogens with one attached hydrogen (secondary N) is 1. The van der Waals surface area contributed by atoms with Crippen molar-refractivity contribution in [2.75, 3.05) is 13.2 Å². The van der Waals surface area contributed by atoms with Crippen molar-refractivity contribution in [3.63, 3.8) is 0 Å². The standard InChI is InChI=1S/C79H155NO5/c1-3-5-7-9-11-13-15-17-19-21-36-39-43-47-51-55-59-63-67-71-77(82)76(75-81)80-78(83)72-68-64-60-56-52-48-44-40-37-34-32-30-28-26-24-23-25-27-29-31-33-35-38-42-46-50-54-58-62-66-70-74-85-79(84)73-69-65-61-57-53-49-45-41-22-20-18-16-14-12-10-8-6-4-2/h25,27,76-77,81-82H,3-24,26,28-75H2,1-2H3,(H,80,83)/b27-25-. The van der Waals surface area contributed by atoms with Gasteiger partial charge in [-0.15, -0.1) is 0 Å². The highest BCUT2D eigenvalue weighted by molar-refractivity contribution is 5.76. The van der Waals surface area contributed by atoms with Crippen LogP contribution in [0.3, 0.4) is 0 Å². The Morgan fingerprint density at radius 2 is 0.553 bits per heavy atom. The summed E-state index contributed by atoms with van der Waals surface area (Å²) < 4.78 is 5.52. The van der Waals surface area contributed by atoms with Gasteiger partial charge in [0.15, 0.2) is 0 Å². The number of ether oxygens (including phenoxy) is 1. The highest BCUT2D eigenvalue weighted by Crippen LogP contribution is 2.20. The molecule has 0 rings (SSSR count). The molecule has 0 heterocycles. The fraction of sp³-hybridized carbons (Fsp3) is 0.949. The van der Waals surface area contributed by atoms with Crippen molar-refractivity contribution in [1.82, 2.24) is 5.32 Å². The number of carbonyl (C=O) groups excluding carboxylic acids is 2. The molecule has 0 bridgehead atoms. The Morgan fingerprint density at radius 3 is 0.835 bits per heavy atom. The summed E-state index contributed by atoms with van der Waals surface area (Å²) in [4.78, 5) is 24.7. The maximum absolute atomic E-state index is 12.6. The van der Waals surface area contributed by atoms with E-state index in [0.29, 0.717) is 25.9 Å². The lowest BCUT2D eigenvalue weighted by Crippen LogP contribution is -2.45. The molecule has 2 unspecified atom stereocenters. The van der Waals surface area contributed by atoms with E-state index in [0.717, 1.165) is 38.5 Å². The second-order valence-electron chi connectivity index (χ2n) is 27.4. The summed E-state index contributed by atoms with van der Waals surface area (Å²) in [6, 6.07) is -0.540. The zero-order valence-electron chi connectivity index (χ0n) is 58.1. The van der Waals surface area contributed by atoms with Crippen molar-refractivity contribution in [1.29, 1.82) is 0 Å². The summed E-state index contributed by atoms with van der Waals surface area (Å²) in [5.74, 6) is -0.00432. The fourth-order valence-electron chi connectivity index (χ4n) is 12.8. The van der Waals surface area contributed by atoms with Crippen LogP contribution in [0.1, 0.15) is 457 Å². The van der Waals surface area contributed by atoms with E-state index in [1.165, 1.54) is 385 Å². The Balaban J connectivity index is 3.34. The lowest BCUT2D eigenvalue weighted by Gasteiger charge is -2.22. The number of allylic oxidation sites excluding steroid dienone is 2. The molecule has 0 saturated carbocycles. The van der Waals surface area contributed by atoms with Crippen molar-refractivity contribution >= 4 is 11.9 Å². The van der Waals surface area contributed by atoms with E-state index >= 15 is 0 Å². The van der Waals surface area contributed by atoms with Gasteiger partial charge in [-0.25, -0.2) is 0 Å². The minimum absolute atomic E-state index is 0.0234. The summed E-state index contributed by atoms with van der Waals surface area (Å²) in [6.07, 6.45) is 94.4. The summed E-state index contributed by atoms with van der Waals surface area (Å²) in [7, 11) is 0. The fourth-order valence-corrected chi connectivity index (χ4v) is 12.8. The lowest BCUT2D eigenvalue weighted by molar-refractivity contribution is -0.143. The number of rotatable bonds is 75. The van der Waals surface area contributed by atoms with Crippen LogP contribution in [-0.2, 0) is 14.3 Å². The van der Waals surface area contributed by atoms with Crippen LogP contribution in [0.25, 0.3) is 0 Å². The van der Waals surface area contributed by atoms with E-state index in [2.05, 4.69) is 31.3 Å². The molecular weight excluding hydrogens is 1040 g/mol. The Kier molecular flexibility index (Phi) is 73.8. The molecule has 0 spiro atoms. The van der Waals surface area contributed by atoms with Crippen molar-refractivity contribution in [2.24, 2.45) is 0 Å². The molecule has 0 aliphatic carbocycles. The van der Waals surface area contributed by atoms with Crippen LogP contribution in [0, 0.1) is 0 Å². The minimum atomic E-state index is -0.663. The number of aliphatic hydroxyl groups excluding tert-OH is 2. The maximum atomic E-state index is 12.6. The summed E-state index contributed by atoms with van der Waals surface area (Å²) in [6.45, 7) is 5.01. The van der Waals surface area contributed by atoms with Gasteiger partial charge in [-0.2, -0.15) is 0 Å². The molecule has 6 nitrogen and oxygen atoms in total. The minimum Gasteiger partial charge on any atom is -0.466 e. The largest absolute Gasteiger partial charge is 0.466 e. The predicted molar refractivity (Wildman–Crippen MR) is 375 cm³/mol. The molecule has 0 aliphatic heterocycles. The summed E-state index contributed by atoms with van der Waals surface area (Å²) in [5, 5.41) is 23.4. The number of aliphatic hydroxyl groups is 2. The van der Waals surface area contributed by atoms with Gasteiger partial charge in [0.25, 0.3) is 0 Å². The molecule has 3 N–H and O–H groups in total. The molecule has 2 atom stereocenters. The number of hydrogen-bond donors (Lipinski definition) is 3. The molecule has 0 aromatic rings. The first-order chi connectivity index (χ1) is 42.0. The molecule has 0 fully saturated rings. The summed E-state index contributed by atoms with van der Waals surface area (Å²) >= 11 is 0. The Labute approximate surface area is 533 Å². The topological polar surface area (TPSA) is 95.9 Å². The van der Waals surface area contributed by atoms with Crippen molar-refractivity contribution in [3.05, 3.63) is 12.2 Å². The zero-order chi connectivity index (χ0) is 61.3. The van der Waals surface area contributed by atoms with Crippen LogP contribution in [0.2, 0.25) is 0 Å². The number of hydrogen-bond acceptors (Lipinski definition) is 5. The molecular formula is C79H155NO5. The van der Waals surface area contributed by atoms with Gasteiger partial charge in [-0.1, -0.05) is 405 Å². The molecule has 0 radical (unpaired) electrons. The molecule has 6 heteroatoms. The van der Waals surface area contributed by atoms with Crippen LogP contribution < -0.4 is 5.32 Å². The molecule has 0 aliphatic rings. The van der Waals surface area contributed by atoms with Gasteiger partial charge >= 0.3 is 5.97 Å². The molecule has 0 aromatic heterocycles. The number of esters is 1. The van der Waals surface area contributed by atoms with Crippen LogP contribution in [-0.4, -0.2) is 47.4 Å². The number of carbonyl (C=O) groups is 2. The van der Waals surface area contributed by atoms with Crippen LogP contribution >= 0.6 is 0 Å². The average molecular weight is 1200 g/mol. The van der Waals surface area contributed by atoms with Gasteiger partial charge in [-0.3, -0.25) is 9.59 Å². The third-order valence-corrected chi connectivity index (χ3v) is 18.8. The Hall–Kier alpha value is -1.40. The second-order valence-corrected chi connectivity index (χ2v) is 27.4. The first-order valence-corrected chi connectivity index (χ1v) is 39.4. The highest BCUT2D eigenvalue weighted by atomic mass is 16.5. The zero-order valence-corrected chi connectivity index (χ0v) is 58.1. The molecule has 0 aromatic carbocycles. The van der Waals surface area contributed by atoms with Gasteiger partial charge < -0.3 is 20.3 Å². The third-order valence-electron chi connectivity index (χ3n) is 18.8. The van der Waals surface area contributed by atoms with E-state index < -0.39 is 12.1 Å². The van der Waals surface area contributed by atoms with Gasteiger partial charge in [-0.05, 0) is 51.4 Å². The third kappa shape index (κ3) is 71.6. The highest BCUT2D eigenvalue weighted by Gasteiger charge is 2.20. The van der Waals surface area contributed by atoms with Gasteiger partial charge in [0.1, 0.15) is 0 Å². The van der Waals surface area contributed by atoms with Crippen LogP contribution in [0.5, 0.6) is 0 Å². The van der Waals surface area contributed by atoms with Crippen molar-refractivity contribution < 1.29 is 24.5 Å².